The van der Waals surface area contributed by atoms with Crippen LogP contribution in [0.25, 0.3) is 0 Å². The van der Waals surface area contributed by atoms with Gasteiger partial charge in [-0.3, -0.25) is 14.9 Å². The van der Waals surface area contributed by atoms with Crippen molar-refractivity contribution in [3.05, 3.63) is 33.9 Å². The smallest absolute Gasteiger partial charge is 0.270 e. The zero-order valence-electron chi connectivity index (χ0n) is 11.0. The van der Waals surface area contributed by atoms with E-state index in [1.807, 2.05) is 4.90 Å². The predicted octanol–water partition coefficient (Wildman–Crippen LogP) is 2.02. The summed E-state index contributed by atoms with van der Waals surface area (Å²) in [5, 5.41) is 10.8. The van der Waals surface area contributed by atoms with Crippen molar-refractivity contribution < 1.29 is 14.5 Å². The summed E-state index contributed by atoms with van der Waals surface area (Å²) in [5.74, 6) is -0.167. The van der Waals surface area contributed by atoms with Gasteiger partial charge in [0.15, 0.2) is 5.78 Å². The molecule has 0 radical (unpaired) electrons. The number of ether oxygens (including phenoxy) is 1. The average Bonchev–Trinajstić information content (AvgIpc) is 2.86. The largest absolute Gasteiger partial charge is 0.380 e. The molecule has 6 nitrogen and oxygen atoms in total. The van der Waals surface area contributed by atoms with Gasteiger partial charge in [0.05, 0.1) is 11.0 Å². The molecule has 1 aliphatic rings. The molecule has 1 aliphatic heterocycles. The number of carbonyl (C=O) groups is 1. The monoisotopic (exact) mass is 264 g/mol. The molecule has 1 saturated heterocycles. The second-order valence-corrected chi connectivity index (χ2v) is 4.61. The van der Waals surface area contributed by atoms with Gasteiger partial charge in [-0.05, 0) is 19.4 Å². The summed E-state index contributed by atoms with van der Waals surface area (Å²) in [7, 11) is 1.66. The van der Waals surface area contributed by atoms with Gasteiger partial charge in [0.2, 0.25) is 0 Å². The van der Waals surface area contributed by atoms with Crippen LogP contribution >= 0.6 is 0 Å². The van der Waals surface area contributed by atoms with E-state index in [9.17, 15) is 14.9 Å². The fourth-order valence-corrected chi connectivity index (χ4v) is 2.33. The molecule has 19 heavy (non-hydrogen) atoms. The van der Waals surface area contributed by atoms with Gasteiger partial charge in [0.25, 0.3) is 5.69 Å². The molecule has 0 bridgehead atoms. The molecule has 0 saturated carbocycles. The second kappa shape index (κ2) is 5.36. The summed E-state index contributed by atoms with van der Waals surface area (Å²) in [4.78, 5) is 24.0. The van der Waals surface area contributed by atoms with Crippen LogP contribution in [0.4, 0.5) is 11.4 Å². The number of rotatable bonds is 4. The van der Waals surface area contributed by atoms with Crippen LogP contribution in [-0.2, 0) is 4.74 Å². The van der Waals surface area contributed by atoms with E-state index in [1.54, 1.807) is 13.2 Å². The number of ketones is 1. The van der Waals surface area contributed by atoms with Gasteiger partial charge in [0, 0.05) is 43.6 Å². The van der Waals surface area contributed by atoms with Gasteiger partial charge in [-0.1, -0.05) is 0 Å². The quantitative estimate of drug-likeness (QED) is 0.472. The highest BCUT2D eigenvalue weighted by atomic mass is 16.6. The first-order chi connectivity index (χ1) is 9.02. The Bertz CT molecular complexity index is 515. The van der Waals surface area contributed by atoms with Gasteiger partial charge in [-0.15, -0.1) is 0 Å². The van der Waals surface area contributed by atoms with Crippen molar-refractivity contribution in [2.45, 2.75) is 19.4 Å². The van der Waals surface area contributed by atoms with Crippen molar-refractivity contribution in [2.24, 2.45) is 0 Å². The number of hydrogen-bond donors (Lipinski definition) is 0. The molecule has 1 aromatic rings. The minimum absolute atomic E-state index is 0.0589. The number of Topliss-reactive ketones (excluding diaryl/α,β-unsaturated/α-hetero) is 1. The fraction of sp³-hybridized carbons (Fsp3) is 0.462. The summed E-state index contributed by atoms with van der Waals surface area (Å²) in [6.07, 6.45) is 1.04. The van der Waals surface area contributed by atoms with Crippen molar-refractivity contribution in [1.29, 1.82) is 0 Å². The van der Waals surface area contributed by atoms with E-state index in [4.69, 9.17) is 4.74 Å². The van der Waals surface area contributed by atoms with Gasteiger partial charge >= 0.3 is 0 Å². The predicted molar refractivity (Wildman–Crippen MR) is 70.7 cm³/mol. The highest BCUT2D eigenvalue weighted by Crippen LogP contribution is 2.29. The molecular weight excluding hydrogens is 248 g/mol. The maximum atomic E-state index is 11.7. The molecule has 2 rings (SSSR count). The highest BCUT2D eigenvalue weighted by molar-refractivity contribution is 6.00. The normalized spacial score (nSPS) is 18.6. The number of carbonyl (C=O) groups excluding carboxylic acids is 1. The van der Waals surface area contributed by atoms with E-state index in [0.29, 0.717) is 12.1 Å². The molecule has 0 amide bonds. The third kappa shape index (κ3) is 2.73. The SMILES string of the molecule is COC1CCN(c2ccc([N+](=O)[O-])cc2C(C)=O)C1. The molecule has 0 aliphatic carbocycles. The lowest BCUT2D eigenvalue weighted by Gasteiger charge is -2.20. The third-order valence-corrected chi connectivity index (χ3v) is 3.39. The summed E-state index contributed by atoms with van der Waals surface area (Å²) in [5.41, 5.74) is 1.08. The minimum Gasteiger partial charge on any atom is -0.380 e. The van der Waals surface area contributed by atoms with E-state index < -0.39 is 4.92 Å². The van der Waals surface area contributed by atoms with Crippen molar-refractivity contribution in [1.82, 2.24) is 0 Å². The molecule has 1 heterocycles. The number of non-ortho nitro benzene ring substituents is 1. The first-order valence-corrected chi connectivity index (χ1v) is 6.10. The van der Waals surface area contributed by atoms with Gasteiger partial charge in [-0.2, -0.15) is 0 Å². The number of hydrogen-bond acceptors (Lipinski definition) is 5. The average molecular weight is 264 g/mol. The number of nitro benzene ring substituents is 1. The molecule has 1 unspecified atom stereocenters. The highest BCUT2D eigenvalue weighted by Gasteiger charge is 2.25. The summed E-state index contributed by atoms with van der Waals surface area (Å²) < 4.78 is 5.29. The Hall–Kier alpha value is -1.95. The minimum atomic E-state index is -0.488. The molecule has 0 N–H and O–H groups in total. The number of nitro groups is 1. The van der Waals surface area contributed by atoms with E-state index in [2.05, 4.69) is 0 Å². The molecule has 1 atom stereocenters. The molecule has 1 aromatic carbocycles. The molecule has 0 aromatic heterocycles. The van der Waals surface area contributed by atoms with E-state index in [1.165, 1.54) is 19.1 Å². The lowest BCUT2D eigenvalue weighted by Crippen LogP contribution is -2.24. The van der Waals surface area contributed by atoms with Gasteiger partial charge in [-0.25, -0.2) is 0 Å². The Labute approximate surface area is 111 Å². The molecule has 1 fully saturated rings. The van der Waals surface area contributed by atoms with Crippen LogP contribution in [-0.4, -0.2) is 37.0 Å². The Morgan fingerprint density at radius 1 is 1.53 bits per heavy atom. The van der Waals surface area contributed by atoms with Crippen LogP contribution in [0.3, 0.4) is 0 Å². The summed E-state index contributed by atoms with van der Waals surface area (Å²) in [6, 6.07) is 4.42. The zero-order valence-corrected chi connectivity index (χ0v) is 11.0. The van der Waals surface area contributed by atoms with Crippen LogP contribution in [0.5, 0.6) is 0 Å². The Morgan fingerprint density at radius 2 is 2.26 bits per heavy atom. The molecular formula is C13H16N2O4. The zero-order chi connectivity index (χ0) is 14.0. The Morgan fingerprint density at radius 3 is 2.79 bits per heavy atom. The van der Waals surface area contributed by atoms with Crippen LogP contribution in [0.2, 0.25) is 0 Å². The van der Waals surface area contributed by atoms with Crippen LogP contribution in [0.15, 0.2) is 18.2 Å². The Kier molecular flexibility index (Phi) is 3.80. The lowest BCUT2D eigenvalue weighted by molar-refractivity contribution is -0.384. The van der Waals surface area contributed by atoms with Crippen LogP contribution < -0.4 is 4.90 Å². The van der Waals surface area contributed by atoms with Gasteiger partial charge in [0.1, 0.15) is 0 Å². The Balaban J connectivity index is 2.35. The second-order valence-electron chi connectivity index (χ2n) is 4.61. The van der Waals surface area contributed by atoms with Crippen LogP contribution in [0.1, 0.15) is 23.7 Å². The van der Waals surface area contributed by atoms with E-state index in [0.717, 1.165) is 18.7 Å². The standard InChI is InChI=1S/C13H16N2O4/c1-9(16)12-7-10(15(17)18)3-4-13(12)14-6-5-11(8-14)19-2/h3-4,7,11H,5-6,8H2,1-2H3. The first kappa shape index (κ1) is 13.5. The lowest BCUT2D eigenvalue weighted by atomic mass is 10.1. The maximum Gasteiger partial charge on any atom is 0.270 e. The van der Waals surface area contributed by atoms with E-state index >= 15 is 0 Å². The van der Waals surface area contributed by atoms with Gasteiger partial charge < -0.3 is 9.64 Å². The third-order valence-electron chi connectivity index (χ3n) is 3.39. The topological polar surface area (TPSA) is 72.7 Å². The number of nitrogens with zero attached hydrogens (tertiary/aromatic N) is 2. The van der Waals surface area contributed by atoms with E-state index in [-0.39, 0.29) is 17.6 Å². The van der Waals surface area contributed by atoms with Crippen molar-refractivity contribution in [3.63, 3.8) is 0 Å². The van der Waals surface area contributed by atoms with Crippen molar-refractivity contribution >= 4 is 17.2 Å². The van der Waals surface area contributed by atoms with Crippen LogP contribution in [0, 0.1) is 10.1 Å². The fourth-order valence-electron chi connectivity index (χ4n) is 2.33. The maximum absolute atomic E-state index is 11.7. The first-order valence-electron chi connectivity index (χ1n) is 6.10. The molecule has 6 heteroatoms. The number of methoxy groups -OCH3 is 1. The number of benzene rings is 1. The summed E-state index contributed by atoms with van der Waals surface area (Å²) >= 11 is 0. The molecule has 0 spiro atoms. The number of anilines is 1. The summed E-state index contributed by atoms with van der Waals surface area (Å²) in [6.45, 7) is 2.91. The van der Waals surface area contributed by atoms with Crippen molar-refractivity contribution in [2.75, 3.05) is 25.1 Å². The molecule has 102 valence electrons. The van der Waals surface area contributed by atoms with Crippen molar-refractivity contribution in [3.8, 4) is 0 Å².